The van der Waals surface area contributed by atoms with Gasteiger partial charge >= 0.3 is 5.91 Å². The molecule has 3 aromatic heterocycles. The summed E-state index contributed by atoms with van der Waals surface area (Å²) in [4.78, 5) is 22.9. The first-order valence-corrected chi connectivity index (χ1v) is 13.1. The number of carbonyl (C=O) groups excluding carboxylic acids is 1. The van der Waals surface area contributed by atoms with Crippen molar-refractivity contribution in [2.45, 2.75) is 31.0 Å². The summed E-state index contributed by atoms with van der Waals surface area (Å²) in [6.07, 6.45) is 6.03. The fourth-order valence-corrected chi connectivity index (χ4v) is 6.80. The number of piperidine rings is 1. The molecule has 0 spiro atoms. The summed E-state index contributed by atoms with van der Waals surface area (Å²) in [5.41, 5.74) is 8.53. The molecular formula is C26H23Cl2FN7O2+. The van der Waals surface area contributed by atoms with Crippen LogP contribution in [0.2, 0.25) is 10.0 Å². The summed E-state index contributed by atoms with van der Waals surface area (Å²) in [6, 6.07) is 6.74. The lowest BCUT2D eigenvalue weighted by molar-refractivity contribution is -0.747. The zero-order valence-electron chi connectivity index (χ0n) is 20.1. The molecule has 0 bridgehead atoms. The van der Waals surface area contributed by atoms with Crippen LogP contribution in [0.3, 0.4) is 0 Å². The average molecular weight is 555 g/mol. The Balaban J connectivity index is 1.16. The molecule has 12 heteroatoms. The first-order chi connectivity index (χ1) is 18.3. The third-order valence-electron chi connectivity index (χ3n) is 8.28. The van der Waals surface area contributed by atoms with E-state index in [-0.39, 0.29) is 17.3 Å². The standard InChI is InChI=1S/C26H23Cl2FN7O2/c27-17-10-31-11-18(28)22(17)24(30)38-15-1-2-20-16(8-15)23(34-33-20)14-7-19(29)25(32-9-14)35-6-5-26-4-3-21(37)36(26,12-26)13-35/h1-2,7-11,24H,3-6,12-13,30H2,(H,33,34)/q+1/t24-,26?,36?/m0/s1. The Morgan fingerprint density at radius 2 is 2.00 bits per heavy atom. The van der Waals surface area contributed by atoms with Crippen LogP contribution in [0.25, 0.3) is 22.2 Å². The maximum absolute atomic E-state index is 15.4. The van der Waals surface area contributed by atoms with Crippen LogP contribution in [0.5, 0.6) is 5.75 Å². The molecule has 0 aliphatic carbocycles. The number of hydrogen-bond acceptors (Lipinski definition) is 7. The molecule has 1 amide bonds. The van der Waals surface area contributed by atoms with Crippen LogP contribution in [0, 0.1) is 5.82 Å². The number of nitrogens with one attached hydrogen (secondary N) is 1. The number of nitrogens with two attached hydrogens (primary N) is 1. The minimum absolute atomic E-state index is 0.0916. The van der Waals surface area contributed by atoms with Crippen molar-refractivity contribution in [3.05, 3.63) is 64.3 Å². The molecule has 3 atom stereocenters. The smallest absolute Gasteiger partial charge is 0.316 e. The second-order valence-corrected chi connectivity index (χ2v) is 11.1. The zero-order chi connectivity index (χ0) is 26.2. The van der Waals surface area contributed by atoms with Crippen LogP contribution in [-0.4, -0.2) is 55.9 Å². The molecule has 3 fully saturated rings. The number of aromatic nitrogens is 4. The lowest BCUT2D eigenvalue weighted by Crippen LogP contribution is -2.51. The number of ether oxygens (including phenoxy) is 1. The Kier molecular flexibility index (Phi) is 5.22. The fraction of sp³-hybridized carbons (Fsp3) is 0.308. The average Bonchev–Trinajstić information content (AvgIpc) is 3.26. The normalized spacial score (nSPS) is 24.8. The first kappa shape index (κ1) is 23.8. The highest BCUT2D eigenvalue weighted by molar-refractivity contribution is 6.35. The lowest BCUT2D eigenvalue weighted by Gasteiger charge is -2.33. The highest BCUT2D eigenvalue weighted by atomic mass is 35.5. The number of pyridine rings is 2. The SMILES string of the molecule is N[C@@H](Oc1ccc2[nH]nc(-c3cnc(N4CCC56CCC(=O)[N+]5(C4)C6)c(F)c3)c2c1)c1c(Cl)cncc1Cl. The van der Waals surface area contributed by atoms with E-state index in [1.807, 2.05) is 4.90 Å². The molecule has 7 rings (SSSR count). The summed E-state index contributed by atoms with van der Waals surface area (Å²) < 4.78 is 21.8. The van der Waals surface area contributed by atoms with E-state index in [4.69, 9.17) is 33.7 Å². The van der Waals surface area contributed by atoms with Gasteiger partial charge in [0.2, 0.25) is 0 Å². The maximum atomic E-state index is 15.4. The summed E-state index contributed by atoms with van der Waals surface area (Å²) in [7, 11) is 0. The molecule has 194 valence electrons. The number of anilines is 1. The summed E-state index contributed by atoms with van der Waals surface area (Å²) in [6.45, 7) is 2.04. The topological polar surface area (TPSA) is 110 Å². The van der Waals surface area contributed by atoms with Crippen molar-refractivity contribution < 1.29 is 18.4 Å². The summed E-state index contributed by atoms with van der Waals surface area (Å²) >= 11 is 12.4. The monoisotopic (exact) mass is 554 g/mol. The van der Waals surface area contributed by atoms with Crippen molar-refractivity contribution in [2.24, 2.45) is 5.73 Å². The number of halogens is 3. The second kappa shape index (κ2) is 8.34. The fourth-order valence-electron chi connectivity index (χ4n) is 6.22. The molecular weight excluding hydrogens is 532 g/mol. The Bertz CT molecular complexity index is 1610. The number of benzene rings is 1. The Labute approximate surface area is 226 Å². The Morgan fingerprint density at radius 1 is 1.18 bits per heavy atom. The van der Waals surface area contributed by atoms with Gasteiger partial charge in [-0.2, -0.15) is 5.10 Å². The van der Waals surface area contributed by atoms with E-state index in [2.05, 4.69) is 20.2 Å². The molecule has 3 aliphatic heterocycles. The van der Waals surface area contributed by atoms with E-state index in [0.29, 0.717) is 62.1 Å². The highest BCUT2D eigenvalue weighted by Gasteiger charge is 2.78. The first-order valence-electron chi connectivity index (χ1n) is 12.3. The predicted octanol–water partition coefficient (Wildman–Crippen LogP) is 4.56. The predicted molar refractivity (Wildman–Crippen MR) is 140 cm³/mol. The van der Waals surface area contributed by atoms with Gasteiger partial charge in [0, 0.05) is 54.5 Å². The van der Waals surface area contributed by atoms with Crippen molar-refractivity contribution >= 4 is 45.8 Å². The van der Waals surface area contributed by atoms with Crippen LogP contribution in [0.15, 0.2) is 42.9 Å². The molecule has 3 N–H and O–H groups in total. The number of aromatic amines is 1. The maximum Gasteiger partial charge on any atom is 0.316 e. The molecule has 6 heterocycles. The van der Waals surface area contributed by atoms with E-state index in [1.54, 1.807) is 24.4 Å². The van der Waals surface area contributed by atoms with Gasteiger partial charge in [-0.3, -0.25) is 15.8 Å². The van der Waals surface area contributed by atoms with Crippen molar-refractivity contribution in [3.8, 4) is 17.0 Å². The van der Waals surface area contributed by atoms with Crippen LogP contribution in [0.4, 0.5) is 10.2 Å². The molecule has 0 saturated carbocycles. The number of H-pyrrole nitrogens is 1. The van der Waals surface area contributed by atoms with Gasteiger partial charge in [0.1, 0.15) is 18.0 Å². The molecule has 1 aromatic carbocycles. The zero-order valence-corrected chi connectivity index (χ0v) is 21.6. The molecule has 0 radical (unpaired) electrons. The number of amides is 1. The molecule has 2 unspecified atom stereocenters. The van der Waals surface area contributed by atoms with Crippen molar-refractivity contribution in [1.29, 1.82) is 0 Å². The van der Waals surface area contributed by atoms with E-state index in [1.165, 1.54) is 18.5 Å². The molecule has 3 saturated heterocycles. The minimum Gasteiger partial charge on any atom is -0.471 e. The van der Waals surface area contributed by atoms with E-state index in [9.17, 15) is 4.79 Å². The third kappa shape index (κ3) is 3.44. The molecule has 38 heavy (non-hydrogen) atoms. The largest absolute Gasteiger partial charge is 0.471 e. The number of carbonyl (C=O) groups is 1. The quantitative estimate of drug-likeness (QED) is 0.211. The van der Waals surface area contributed by atoms with Gasteiger partial charge in [0.15, 0.2) is 30.1 Å². The van der Waals surface area contributed by atoms with Crippen LogP contribution in [-0.2, 0) is 4.79 Å². The van der Waals surface area contributed by atoms with Crippen LogP contribution >= 0.6 is 23.2 Å². The van der Waals surface area contributed by atoms with Crippen molar-refractivity contribution in [3.63, 3.8) is 0 Å². The summed E-state index contributed by atoms with van der Waals surface area (Å²) in [5, 5.41) is 8.67. The van der Waals surface area contributed by atoms with Crippen molar-refractivity contribution in [2.75, 3.05) is 24.7 Å². The van der Waals surface area contributed by atoms with E-state index in [0.717, 1.165) is 24.9 Å². The Hall–Kier alpha value is -3.31. The van der Waals surface area contributed by atoms with Gasteiger partial charge in [0.25, 0.3) is 0 Å². The van der Waals surface area contributed by atoms with Gasteiger partial charge in [-0.15, -0.1) is 0 Å². The van der Waals surface area contributed by atoms with E-state index >= 15 is 4.39 Å². The van der Waals surface area contributed by atoms with Crippen LogP contribution < -0.4 is 15.4 Å². The van der Waals surface area contributed by atoms with E-state index < -0.39 is 12.0 Å². The third-order valence-corrected chi connectivity index (χ3v) is 8.88. The van der Waals surface area contributed by atoms with Gasteiger partial charge in [-0.25, -0.2) is 18.7 Å². The lowest BCUT2D eigenvalue weighted by atomic mass is 10.0. The Morgan fingerprint density at radius 3 is 2.79 bits per heavy atom. The molecule has 9 nitrogen and oxygen atoms in total. The highest BCUT2D eigenvalue weighted by Crippen LogP contribution is 2.57. The van der Waals surface area contributed by atoms with Gasteiger partial charge in [-0.05, 0) is 24.3 Å². The number of quaternary nitrogens is 1. The molecule has 4 aromatic rings. The van der Waals surface area contributed by atoms with Gasteiger partial charge in [0.05, 0.1) is 22.0 Å². The number of hydrogen-bond donors (Lipinski definition) is 2. The van der Waals surface area contributed by atoms with Crippen LogP contribution in [0.1, 0.15) is 31.1 Å². The minimum atomic E-state index is -0.927. The molecule has 3 aliphatic rings. The number of rotatable bonds is 5. The van der Waals surface area contributed by atoms with Gasteiger partial charge < -0.3 is 9.64 Å². The van der Waals surface area contributed by atoms with Gasteiger partial charge in [-0.1, -0.05) is 23.2 Å². The number of fused-ring (bicyclic) bond motifs is 1. The summed E-state index contributed by atoms with van der Waals surface area (Å²) in [5.74, 6) is 0.540. The second-order valence-electron chi connectivity index (χ2n) is 10.3. The van der Waals surface area contributed by atoms with Crippen molar-refractivity contribution in [1.82, 2.24) is 20.2 Å². The number of nitrogens with zero attached hydrogens (tertiary/aromatic N) is 5.